The lowest BCUT2D eigenvalue weighted by Gasteiger charge is -2.19. The van der Waals surface area contributed by atoms with E-state index in [4.69, 9.17) is 16.3 Å². The Morgan fingerprint density at radius 2 is 2.19 bits per heavy atom. The first-order valence-corrected chi connectivity index (χ1v) is 5.33. The van der Waals surface area contributed by atoms with E-state index < -0.39 is 5.60 Å². The molecule has 1 aromatic carbocycles. The van der Waals surface area contributed by atoms with Gasteiger partial charge in [0.25, 0.3) is 5.91 Å². The topological polar surface area (TPSA) is 55.4 Å². The number of fused-ring (bicyclic) bond motifs is 2. The fourth-order valence-corrected chi connectivity index (χ4v) is 2.40. The average molecular weight is 238 g/mol. The minimum Gasteiger partial charge on any atom is -0.444 e. The number of benzene rings is 1. The third-order valence-electron chi connectivity index (χ3n) is 3.00. The van der Waals surface area contributed by atoms with Crippen LogP contribution in [0.3, 0.4) is 0 Å². The third kappa shape index (κ3) is 1.10. The first-order chi connectivity index (χ1) is 7.62. The molecule has 4 nitrogen and oxygen atoms in total. The third-order valence-corrected chi connectivity index (χ3v) is 3.24. The van der Waals surface area contributed by atoms with Crippen LogP contribution in [0.25, 0.3) is 0 Å². The molecule has 0 aliphatic carbocycles. The molecule has 1 amide bonds. The van der Waals surface area contributed by atoms with Gasteiger partial charge in [-0.2, -0.15) is 0 Å². The zero-order chi connectivity index (χ0) is 11.3. The van der Waals surface area contributed by atoms with Crippen molar-refractivity contribution in [2.45, 2.75) is 18.4 Å². The van der Waals surface area contributed by atoms with Gasteiger partial charge in [-0.05, 0) is 18.2 Å². The van der Waals surface area contributed by atoms with E-state index in [0.717, 1.165) is 0 Å². The van der Waals surface area contributed by atoms with Gasteiger partial charge in [-0.25, -0.2) is 0 Å². The van der Waals surface area contributed by atoms with Crippen LogP contribution in [0.4, 0.5) is 5.69 Å². The molecule has 1 N–H and O–H groups in total. The highest BCUT2D eigenvalue weighted by Crippen LogP contribution is 2.46. The van der Waals surface area contributed by atoms with Crippen LogP contribution in [0.2, 0.25) is 5.02 Å². The van der Waals surface area contributed by atoms with Crippen LogP contribution >= 0.6 is 11.6 Å². The van der Waals surface area contributed by atoms with E-state index in [0.29, 0.717) is 22.7 Å². The summed E-state index contributed by atoms with van der Waals surface area (Å²) >= 11 is 5.89. The van der Waals surface area contributed by atoms with Crippen LogP contribution < -0.4 is 5.32 Å². The number of hydrogen-bond acceptors (Lipinski definition) is 3. The van der Waals surface area contributed by atoms with Crippen molar-refractivity contribution in [1.29, 1.82) is 0 Å². The molecule has 0 saturated carbocycles. The van der Waals surface area contributed by atoms with Crippen molar-refractivity contribution in [2.24, 2.45) is 0 Å². The van der Waals surface area contributed by atoms with Crippen molar-refractivity contribution in [1.82, 2.24) is 0 Å². The predicted octanol–water partition coefficient (Wildman–Crippen LogP) is 1.82. The molecule has 5 heteroatoms. The van der Waals surface area contributed by atoms with E-state index in [1.807, 2.05) is 0 Å². The number of rotatable bonds is 0. The Labute approximate surface area is 96.5 Å². The van der Waals surface area contributed by atoms with Crippen molar-refractivity contribution in [3.8, 4) is 0 Å². The second-order valence-corrected chi connectivity index (χ2v) is 4.38. The highest BCUT2D eigenvalue weighted by Gasteiger charge is 2.53. The molecule has 2 heterocycles. The summed E-state index contributed by atoms with van der Waals surface area (Å²) in [6, 6.07) is 5.08. The van der Waals surface area contributed by atoms with E-state index in [1.165, 1.54) is 0 Å². The predicted molar refractivity (Wildman–Crippen MR) is 57.1 cm³/mol. The van der Waals surface area contributed by atoms with E-state index in [2.05, 4.69) is 5.32 Å². The lowest BCUT2D eigenvalue weighted by molar-refractivity contribution is -0.156. The Morgan fingerprint density at radius 1 is 1.38 bits per heavy atom. The average Bonchev–Trinajstić information content (AvgIpc) is 2.74. The van der Waals surface area contributed by atoms with Crippen molar-refractivity contribution < 1.29 is 14.3 Å². The smallest absolute Gasteiger partial charge is 0.307 e. The van der Waals surface area contributed by atoms with Crippen LogP contribution in [0, 0.1) is 0 Å². The molecule has 1 fully saturated rings. The number of esters is 1. The Bertz CT molecular complexity index is 514. The monoisotopic (exact) mass is 237 g/mol. The summed E-state index contributed by atoms with van der Waals surface area (Å²) in [5.41, 5.74) is 0.192. The molecular formula is C11H8ClNO3. The number of carbonyl (C=O) groups is 2. The van der Waals surface area contributed by atoms with Crippen LogP contribution in [0.5, 0.6) is 0 Å². The fraction of sp³-hybridized carbons (Fsp3) is 0.273. The lowest BCUT2D eigenvalue weighted by Crippen LogP contribution is -2.33. The summed E-state index contributed by atoms with van der Waals surface area (Å²) < 4.78 is 5.19. The standard InChI is InChI=1S/C11H8ClNO3/c12-6-1-2-8-7(5-6)11(10(15)13-8)4-3-9(14)16-11/h1-2,5H,3-4H2,(H,13,15). The van der Waals surface area contributed by atoms with Gasteiger partial charge >= 0.3 is 5.97 Å². The lowest BCUT2D eigenvalue weighted by atomic mass is 9.92. The second-order valence-electron chi connectivity index (χ2n) is 3.95. The molecule has 1 spiro atoms. The number of anilines is 1. The zero-order valence-electron chi connectivity index (χ0n) is 8.25. The molecule has 0 bridgehead atoms. The van der Waals surface area contributed by atoms with Crippen LogP contribution in [0.15, 0.2) is 18.2 Å². The molecule has 1 unspecified atom stereocenters. The summed E-state index contributed by atoms with van der Waals surface area (Å²) in [4.78, 5) is 23.1. The van der Waals surface area contributed by atoms with Crippen LogP contribution in [-0.4, -0.2) is 11.9 Å². The van der Waals surface area contributed by atoms with Crippen molar-refractivity contribution >= 4 is 29.2 Å². The number of amides is 1. The van der Waals surface area contributed by atoms with E-state index in [1.54, 1.807) is 18.2 Å². The summed E-state index contributed by atoms with van der Waals surface area (Å²) in [7, 11) is 0. The molecule has 0 radical (unpaired) electrons. The Hall–Kier alpha value is -1.55. The molecular weight excluding hydrogens is 230 g/mol. The highest BCUT2D eigenvalue weighted by molar-refractivity contribution is 6.31. The number of carbonyl (C=O) groups excluding carboxylic acids is 2. The van der Waals surface area contributed by atoms with Gasteiger partial charge in [0.05, 0.1) is 6.42 Å². The molecule has 1 atom stereocenters. The highest BCUT2D eigenvalue weighted by atomic mass is 35.5. The number of ether oxygens (including phenoxy) is 1. The molecule has 1 aromatic rings. The largest absolute Gasteiger partial charge is 0.444 e. The van der Waals surface area contributed by atoms with Gasteiger partial charge in [0.15, 0.2) is 0 Å². The van der Waals surface area contributed by atoms with Gasteiger partial charge in [-0.1, -0.05) is 11.6 Å². The number of nitrogens with one attached hydrogen (secondary N) is 1. The minimum absolute atomic E-state index is 0.263. The normalized spacial score (nSPS) is 26.8. The van der Waals surface area contributed by atoms with E-state index in [-0.39, 0.29) is 18.3 Å². The maximum Gasteiger partial charge on any atom is 0.307 e. The molecule has 0 aromatic heterocycles. The van der Waals surface area contributed by atoms with Crippen molar-refractivity contribution in [3.05, 3.63) is 28.8 Å². The fourth-order valence-electron chi connectivity index (χ4n) is 2.23. The maximum absolute atomic E-state index is 11.9. The van der Waals surface area contributed by atoms with Crippen molar-refractivity contribution in [3.63, 3.8) is 0 Å². The van der Waals surface area contributed by atoms with Gasteiger partial charge in [0.1, 0.15) is 0 Å². The number of halogens is 1. The Kier molecular flexibility index (Phi) is 1.80. The molecule has 3 rings (SSSR count). The quantitative estimate of drug-likeness (QED) is 0.701. The van der Waals surface area contributed by atoms with Gasteiger partial charge in [0, 0.05) is 22.7 Å². The van der Waals surface area contributed by atoms with Gasteiger partial charge in [-0.15, -0.1) is 0 Å². The van der Waals surface area contributed by atoms with E-state index >= 15 is 0 Å². The molecule has 1 saturated heterocycles. The molecule has 2 aliphatic rings. The SMILES string of the molecule is O=C1CCC2(O1)C(=O)Nc1ccc(Cl)cc12. The first-order valence-electron chi connectivity index (χ1n) is 4.95. The van der Waals surface area contributed by atoms with Crippen LogP contribution in [0.1, 0.15) is 18.4 Å². The van der Waals surface area contributed by atoms with Crippen LogP contribution in [-0.2, 0) is 19.9 Å². The summed E-state index contributed by atoms with van der Waals surface area (Å²) in [5, 5.41) is 3.23. The number of hydrogen-bond donors (Lipinski definition) is 1. The molecule has 16 heavy (non-hydrogen) atoms. The van der Waals surface area contributed by atoms with E-state index in [9.17, 15) is 9.59 Å². The van der Waals surface area contributed by atoms with Crippen molar-refractivity contribution in [2.75, 3.05) is 5.32 Å². The zero-order valence-corrected chi connectivity index (χ0v) is 9.00. The second kappa shape index (κ2) is 2.98. The maximum atomic E-state index is 11.9. The Morgan fingerprint density at radius 3 is 2.88 bits per heavy atom. The summed E-state index contributed by atoms with van der Waals surface area (Å²) in [5.74, 6) is -0.626. The summed E-state index contributed by atoms with van der Waals surface area (Å²) in [6.45, 7) is 0. The van der Waals surface area contributed by atoms with Gasteiger partial charge < -0.3 is 10.1 Å². The van der Waals surface area contributed by atoms with Gasteiger partial charge in [-0.3, -0.25) is 9.59 Å². The first kappa shape index (κ1) is 9.66. The molecule has 82 valence electrons. The Balaban J connectivity index is 2.18. The summed E-state index contributed by atoms with van der Waals surface area (Å²) in [6.07, 6.45) is 0.643. The minimum atomic E-state index is -1.14. The molecule has 2 aliphatic heterocycles. The van der Waals surface area contributed by atoms with Gasteiger partial charge in [0.2, 0.25) is 5.60 Å².